The van der Waals surface area contributed by atoms with Crippen LogP contribution in [0.15, 0.2) is 24.3 Å². The van der Waals surface area contributed by atoms with Crippen molar-refractivity contribution < 1.29 is 14.3 Å². The molecule has 1 atom stereocenters. The van der Waals surface area contributed by atoms with Gasteiger partial charge in [0.05, 0.1) is 11.6 Å². The van der Waals surface area contributed by atoms with Gasteiger partial charge in [0.1, 0.15) is 5.82 Å². The van der Waals surface area contributed by atoms with Crippen molar-refractivity contribution in [3.05, 3.63) is 30.1 Å². The molecule has 0 aromatic heterocycles. The third kappa shape index (κ3) is 2.79. The first-order chi connectivity index (χ1) is 8.58. The molecule has 18 heavy (non-hydrogen) atoms. The largest absolute Gasteiger partial charge is 0.481 e. The van der Waals surface area contributed by atoms with Crippen molar-refractivity contribution in [3.63, 3.8) is 0 Å². The van der Waals surface area contributed by atoms with Gasteiger partial charge >= 0.3 is 5.97 Å². The van der Waals surface area contributed by atoms with Gasteiger partial charge in [-0.15, -0.1) is 0 Å². The van der Waals surface area contributed by atoms with Crippen LogP contribution in [-0.4, -0.2) is 49.2 Å². The summed E-state index contributed by atoms with van der Waals surface area (Å²) in [5, 5.41) is 9.17. The van der Waals surface area contributed by atoms with Gasteiger partial charge in [0.25, 0.3) is 0 Å². The van der Waals surface area contributed by atoms with Gasteiger partial charge in [-0.3, -0.25) is 4.79 Å². The van der Waals surface area contributed by atoms with E-state index in [2.05, 4.69) is 0 Å². The average Bonchev–Trinajstić information content (AvgIpc) is 2.52. The van der Waals surface area contributed by atoms with Crippen molar-refractivity contribution in [2.75, 3.05) is 38.1 Å². The highest BCUT2D eigenvalue weighted by Crippen LogP contribution is 2.21. The number of likely N-dealkylation sites (N-methyl/N-ethyl adjacent to an activating group) is 1. The molecule has 1 aromatic carbocycles. The minimum Gasteiger partial charge on any atom is -0.481 e. The van der Waals surface area contributed by atoms with Crippen LogP contribution in [0, 0.1) is 11.7 Å². The number of nitrogens with zero attached hydrogens (tertiary/aromatic N) is 2. The summed E-state index contributed by atoms with van der Waals surface area (Å²) < 4.78 is 13.7. The van der Waals surface area contributed by atoms with E-state index in [1.165, 1.54) is 6.07 Å². The van der Waals surface area contributed by atoms with Crippen molar-refractivity contribution in [2.24, 2.45) is 5.92 Å². The van der Waals surface area contributed by atoms with E-state index in [0.29, 0.717) is 25.3 Å². The Kier molecular flexibility index (Phi) is 3.81. The highest BCUT2D eigenvalue weighted by atomic mass is 19.1. The van der Waals surface area contributed by atoms with Crippen molar-refractivity contribution in [2.45, 2.75) is 0 Å². The molecule has 1 aliphatic rings. The Morgan fingerprint density at radius 1 is 1.33 bits per heavy atom. The number of rotatable bonds is 2. The molecule has 0 aliphatic carbocycles. The van der Waals surface area contributed by atoms with Gasteiger partial charge in [-0.1, -0.05) is 12.1 Å². The fourth-order valence-corrected chi connectivity index (χ4v) is 2.26. The standard InChI is InChI=1S/C13H17FN2O2/c1-15-6-7-16(9-10(8-15)13(17)18)12-5-3-2-4-11(12)14/h2-5,10H,6-9H2,1H3,(H,17,18). The summed E-state index contributed by atoms with van der Waals surface area (Å²) in [6.07, 6.45) is 0. The quantitative estimate of drug-likeness (QED) is 0.861. The van der Waals surface area contributed by atoms with E-state index in [1.54, 1.807) is 18.2 Å². The summed E-state index contributed by atoms with van der Waals surface area (Å²) in [6.45, 7) is 2.22. The number of aliphatic carboxylic acids is 1. The van der Waals surface area contributed by atoms with Gasteiger partial charge in [0.15, 0.2) is 0 Å². The topological polar surface area (TPSA) is 43.8 Å². The third-order valence-corrected chi connectivity index (χ3v) is 3.27. The lowest BCUT2D eigenvalue weighted by atomic mass is 10.1. The molecule has 0 radical (unpaired) electrons. The zero-order valence-electron chi connectivity index (χ0n) is 10.3. The summed E-state index contributed by atoms with van der Waals surface area (Å²) in [5.41, 5.74) is 0.485. The molecule has 1 aliphatic heterocycles. The first-order valence-electron chi connectivity index (χ1n) is 5.98. The second-order valence-corrected chi connectivity index (χ2v) is 4.69. The Morgan fingerprint density at radius 2 is 2.06 bits per heavy atom. The molecule has 1 fully saturated rings. The van der Waals surface area contributed by atoms with Crippen LogP contribution in [0.1, 0.15) is 0 Å². The van der Waals surface area contributed by atoms with Gasteiger partial charge in [-0.25, -0.2) is 4.39 Å². The van der Waals surface area contributed by atoms with E-state index in [4.69, 9.17) is 5.11 Å². The van der Waals surface area contributed by atoms with Crippen LogP contribution in [-0.2, 0) is 4.79 Å². The molecular formula is C13H17FN2O2. The first kappa shape index (κ1) is 12.8. The number of para-hydroxylation sites is 1. The maximum atomic E-state index is 13.7. The molecule has 98 valence electrons. The van der Waals surface area contributed by atoms with Crippen LogP contribution in [0.2, 0.25) is 0 Å². The van der Waals surface area contributed by atoms with Crippen molar-refractivity contribution >= 4 is 11.7 Å². The normalized spacial score (nSPS) is 21.7. The maximum Gasteiger partial charge on any atom is 0.309 e. The van der Waals surface area contributed by atoms with Crippen LogP contribution >= 0.6 is 0 Å². The molecule has 4 nitrogen and oxygen atoms in total. The predicted octanol–water partition coefficient (Wildman–Crippen LogP) is 1.28. The van der Waals surface area contributed by atoms with Gasteiger partial charge in [0, 0.05) is 26.2 Å². The second kappa shape index (κ2) is 5.35. The minimum absolute atomic E-state index is 0.300. The Hall–Kier alpha value is -1.62. The molecule has 1 heterocycles. The number of benzene rings is 1. The zero-order chi connectivity index (χ0) is 13.1. The number of carbonyl (C=O) groups is 1. The Balaban J connectivity index is 2.22. The molecule has 0 amide bonds. The number of hydrogen-bond donors (Lipinski definition) is 1. The lowest BCUT2D eigenvalue weighted by Gasteiger charge is -2.24. The molecule has 0 bridgehead atoms. The molecule has 1 saturated heterocycles. The third-order valence-electron chi connectivity index (χ3n) is 3.27. The Morgan fingerprint density at radius 3 is 2.72 bits per heavy atom. The molecule has 0 saturated carbocycles. The molecular weight excluding hydrogens is 235 g/mol. The first-order valence-corrected chi connectivity index (χ1v) is 5.98. The van der Waals surface area contributed by atoms with E-state index in [-0.39, 0.29) is 5.82 Å². The van der Waals surface area contributed by atoms with Crippen molar-refractivity contribution in [1.82, 2.24) is 4.90 Å². The molecule has 1 N–H and O–H groups in total. The van der Waals surface area contributed by atoms with E-state index in [1.807, 2.05) is 16.8 Å². The Bertz CT molecular complexity index is 439. The van der Waals surface area contributed by atoms with Gasteiger partial charge < -0.3 is 14.9 Å². The highest BCUT2D eigenvalue weighted by molar-refractivity contribution is 5.71. The SMILES string of the molecule is CN1CCN(c2ccccc2F)CC(C(=O)O)C1. The zero-order valence-corrected chi connectivity index (χ0v) is 10.3. The van der Waals surface area contributed by atoms with E-state index >= 15 is 0 Å². The second-order valence-electron chi connectivity index (χ2n) is 4.69. The summed E-state index contributed by atoms with van der Waals surface area (Å²) >= 11 is 0. The summed E-state index contributed by atoms with van der Waals surface area (Å²) in [6, 6.07) is 6.50. The summed E-state index contributed by atoms with van der Waals surface area (Å²) in [5.74, 6) is -1.62. The fraction of sp³-hybridized carbons (Fsp3) is 0.462. The van der Waals surface area contributed by atoms with Gasteiger partial charge in [-0.2, -0.15) is 0 Å². The van der Waals surface area contributed by atoms with E-state index in [9.17, 15) is 9.18 Å². The molecule has 1 unspecified atom stereocenters. The van der Waals surface area contributed by atoms with Crippen LogP contribution in [0.4, 0.5) is 10.1 Å². The van der Waals surface area contributed by atoms with Gasteiger partial charge in [-0.05, 0) is 19.2 Å². The molecule has 2 rings (SSSR count). The molecule has 5 heteroatoms. The smallest absolute Gasteiger partial charge is 0.309 e. The highest BCUT2D eigenvalue weighted by Gasteiger charge is 2.27. The lowest BCUT2D eigenvalue weighted by molar-refractivity contribution is -0.141. The monoisotopic (exact) mass is 252 g/mol. The summed E-state index contributed by atoms with van der Waals surface area (Å²) in [4.78, 5) is 15.0. The fourth-order valence-electron chi connectivity index (χ4n) is 2.26. The number of anilines is 1. The number of carboxylic acid groups (broad SMARTS) is 1. The van der Waals surface area contributed by atoms with E-state index in [0.717, 1.165) is 6.54 Å². The van der Waals surface area contributed by atoms with Crippen LogP contribution in [0.5, 0.6) is 0 Å². The lowest BCUT2D eigenvalue weighted by Crippen LogP contribution is -2.34. The Labute approximate surface area is 106 Å². The molecule has 1 aromatic rings. The summed E-state index contributed by atoms with van der Waals surface area (Å²) in [7, 11) is 1.89. The van der Waals surface area contributed by atoms with Crippen LogP contribution in [0.3, 0.4) is 0 Å². The number of halogens is 1. The van der Waals surface area contributed by atoms with Gasteiger partial charge in [0.2, 0.25) is 0 Å². The minimum atomic E-state index is -0.829. The van der Waals surface area contributed by atoms with Crippen molar-refractivity contribution in [3.8, 4) is 0 Å². The van der Waals surface area contributed by atoms with Crippen LogP contribution < -0.4 is 4.90 Å². The van der Waals surface area contributed by atoms with Crippen molar-refractivity contribution in [1.29, 1.82) is 0 Å². The average molecular weight is 252 g/mol. The number of hydrogen-bond acceptors (Lipinski definition) is 3. The van der Waals surface area contributed by atoms with Crippen LogP contribution in [0.25, 0.3) is 0 Å². The predicted molar refractivity (Wildman–Crippen MR) is 67.2 cm³/mol. The molecule has 0 spiro atoms. The maximum absolute atomic E-state index is 13.7. The van der Waals surface area contributed by atoms with E-state index < -0.39 is 11.9 Å². The number of carboxylic acids is 1.